The number of amides is 2. The van der Waals surface area contributed by atoms with Gasteiger partial charge in [-0.1, -0.05) is 6.07 Å². The SMILES string of the molecule is CC(=O)N1CCCC1C(=O)Nc1nnc2ccccn12. The van der Waals surface area contributed by atoms with Crippen molar-refractivity contribution in [1.29, 1.82) is 0 Å². The molecule has 0 aromatic carbocycles. The summed E-state index contributed by atoms with van der Waals surface area (Å²) in [6, 6.07) is 5.08. The number of fused-ring (bicyclic) bond motifs is 1. The molecule has 0 bridgehead atoms. The maximum Gasteiger partial charge on any atom is 0.249 e. The molecule has 1 aliphatic rings. The van der Waals surface area contributed by atoms with E-state index in [-0.39, 0.29) is 11.8 Å². The first-order valence-corrected chi connectivity index (χ1v) is 6.54. The summed E-state index contributed by atoms with van der Waals surface area (Å²) < 4.78 is 1.70. The van der Waals surface area contributed by atoms with Gasteiger partial charge in [-0.2, -0.15) is 0 Å². The molecule has 2 aromatic rings. The molecule has 0 aliphatic carbocycles. The summed E-state index contributed by atoms with van der Waals surface area (Å²) in [7, 11) is 0. The molecule has 2 amide bonds. The van der Waals surface area contributed by atoms with Crippen molar-refractivity contribution in [1.82, 2.24) is 19.5 Å². The number of likely N-dealkylation sites (tertiary alicyclic amines) is 1. The second kappa shape index (κ2) is 4.92. The fraction of sp³-hybridized carbons (Fsp3) is 0.385. The number of hydrogen-bond donors (Lipinski definition) is 1. The summed E-state index contributed by atoms with van der Waals surface area (Å²) in [6.07, 6.45) is 3.31. The highest BCUT2D eigenvalue weighted by molar-refractivity contribution is 5.96. The molecule has 2 aromatic heterocycles. The topological polar surface area (TPSA) is 79.6 Å². The summed E-state index contributed by atoms with van der Waals surface area (Å²) in [4.78, 5) is 25.4. The van der Waals surface area contributed by atoms with Crippen LogP contribution in [-0.4, -0.2) is 43.9 Å². The van der Waals surface area contributed by atoms with Crippen LogP contribution in [0.1, 0.15) is 19.8 Å². The molecule has 104 valence electrons. The molecule has 3 heterocycles. The van der Waals surface area contributed by atoms with Crippen LogP contribution in [0, 0.1) is 0 Å². The van der Waals surface area contributed by atoms with E-state index in [0.717, 1.165) is 6.42 Å². The van der Waals surface area contributed by atoms with Crippen molar-refractivity contribution in [2.24, 2.45) is 0 Å². The van der Waals surface area contributed by atoms with Crippen molar-refractivity contribution in [3.05, 3.63) is 24.4 Å². The Morgan fingerprint density at radius 1 is 1.35 bits per heavy atom. The first-order chi connectivity index (χ1) is 9.66. The van der Waals surface area contributed by atoms with Gasteiger partial charge in [0.1, 0.15) is 6.04 Å². The molecular formula is C13H15N5O2. The Kier molecular flexibility index (Phi) is 3.09. The summed E-state index contributed by atoms with van der Waals surface area (Å²) >= 11 is 0. The maximum absolute atomic E-state index is 12.3. The van der Waals surface area contributed by atoms with Gasteiger partial charge >= 0.3 is 0 Å². The van der Waals surface area contributed by atoms with Crippen molar-refractivity contribution < 1.29 is 9.59 Å². The van der Waals surface area contributed by atoms with E-state index in [1.54, 1.807) is 21.6 Å². The van der Waals surface area contributed by atoms with Gasteiger partial charge < -0.3 is 4.90 Å². The van der Waals surface area contributed by atoms with Crippen LogP contribution in [0.15, 0.2) is 24.4 Å². The van der Waals surface area contributed by atoms with Crippen LogP contribution < -0.4 is 5.32 Å². The first-order valence-electron chi connectivity index (χ1n) is 6.54. The molecular weight excluding hydrogens is 258 g/mol. The lowest BCUT2D eigenvalue weighted by atomic mass is 10.2. The van der Waals surface area contributed by atoms with Gasteiger partial charge in [0.25, 0.3) is 0 Å². The standard InChI is InChI=1S/C13H15N5O2/c1-9(19)17-8-4-5-10(17)12(20)14-13-16-15-11-6-2-3-7-18(11)13/h2-3,6-7,10H,4-5,8H2,1H3,(H,14,16,20). The van der Waals surface area contributed by atoms with Gasteiger partial charge in [-0.05, 0) is 25.0 Å². The van der Waals surface area contributed by atoms with Crippen LogP contribution in [0.3, 0.4) is 0 Å². The second-order valence-corrected chi connectivity index (χ2v) is 4.81. The van der Waals surface area contributed by atoms with Crippen molar-refractivity contribution in [3.63, 3.8) is 0 Å². The van der Waals surface area contributed by atoms with Gasteiger partial charge in [-0.15, -0.1) is 10.2 Å². The van der Waals surface area contributed by atoms with Crippen LogP contribution in [0.5, 0.6) is 0 Å². The zero-order valence-corrected chi connectivity index (χ0v) is 11.1. The van der Waals surface area contributed by atoms with E-state index in [9.17, 15) is 9.59 Å². The Labute approximate surface area is 115 Å². The van der Waals surface area contributed by atoms with E-state index in [1.807, 2.05) is 12.1 Å². The Morgan fingerprint density at radius 3 is 3.00 bits per heavy atom. The van der Waals surface area contributed by atoms with E-state index in [1.165, 1.54) is 6.92 Å². The molecule has 20 heavy (non-hydrogen) atoms. The Morgan fingerprint density at radius 2 is 2.20 bits per heavy atom. The van der Waals surface area contributed by atoms with Crippen LogP contribution in [0.25, 0.3) is 5.65 Å². The third kappa shape index (κ3) is 2.11. The van der Waals surface area contributed by atoms with E-state index >= 15 is 0 Å². The van der Waals surface area contributed by atoms with Crippen LogP contribution in [0.4, 0.5) is 5.95 Å². The number of anilines is 1. The predicted octanol–water partition coefficient (Wildman–Crippen LogP) is 0.679. The summed E-state index contributed by atoms with van der Waals surface area (Å²) in [5.74, 6) is 0.0885. The molecule has 0 saturated carbocycles. The average Bonchev–Trinajstić information content (AvgIpc) is 3.06. The number of nitrogens with zero attached hydrogens (tertiary/aromatic N) is 4. The Bertz CT molecular complexity index is 666. The summed E-state index contributed by atoms with van der Waals surface area (Å²) in [6.45, 7) is 2.12. The third-order valence-electron chi connectivity index (χ3n) is 3.51. The lowest BCUT2D eigenvalue weighted by molar-refractivity contribution is -0.134. The highest BCUT2D eigenvalue weighted by Crippen LogP contribution is 2.19. The molecule has 7 nitrogen and oxygen atoms in total. The smallest absolute Gasteiger partial charge is 0.249 e. The van der Waals surface area contributed by atoms with Crippen LogP contribution in [0.2, 0.25) is 0 Å². The normalized spacial score (nSPS) is 18.4. The van der Waals surface area contributed by atoms with Crippen LogP contribution in [-0.2, 0) is 9.59 Å². The minimum atomic E-state index is -0.413. The molecule has 1 fully saturated rings. The minimum absolute atomic E-state index is 0.0752. The van der Waals surface area contributed by atoms with Crippen molar-refractivity contribution in [2.75, 3.05) is 11.9 Å². The third-order valence-corrected chi connectivity index (χ3v) is 3.51. The Balaban J connectivity index is 1.80. The Hall–Kier alpha value is -2.44. The fourth-order valence-corrected chi connectivity index (χ4v) is 2.54. The number of hydrogen-bond acceptors (Lipinski definition) is 4. The summed E-state index contributed by atoms with van der Waals surface area (Å²) in [5, 5.41) is 10.7. The lowest BCUT2D eigenvalue weighted by Gasteiger charge is -2.21. The molecule has 1 saturated heterocycles. The summed E-state index contributed by atoms with van der Waals surface area (Å²) in [5.41, 5.74) is 0.664. The highest BCUT2D eigenvalue weighted by atomic mass is 16.2. The molecule has 1 unspecified atom stereocenters. The van der Waals surface area contributed by atoms with Gasteiger partial charge in [0, 0.05) is 19.7 Å². The van der Waals surface area contributed by atoms with E-state index in [2.05, 4.69) is 15.5 Å². The molecule has 1 aliphatic heterocycles. The number of nitrogens with one attached hydrogen (secondary N) is 1. The highest BCUT2D eigenvalue weighted by Gasteiger charge is 2.32. The molecule has 3 rings (SSSR count). The van der Waals surface area contributed by atoms with E-state index in [4.69, 9.17) is 0 Å². The zero-order valence-electron chi connectivity index (χ0n) is 11.1. The number of pyridine rings is 1. The van der Waals surface area contributed by atoms with Crippen molar-refractivity contribution in [2.45, 2.75) is 25.8 Å². The van der Waals surface area contributed by atoms with E-state index < -0.39 is 6.04 Å². The van der Waals surface area contributed by atoms with Gasteiger partial charge in [-0.3, -0.25) is 19.3 Å². The predicted molar refractivity (Wildman–Crippen MR) is 72.0 cm³/mol. The van der Waals surface area contributed by atoms with Gasteiger partial charge in [-0.25, -0.2) is 0 Å². The molecule has 0 radical (unpaired) electrons. The monoisotopic (exact) mass is 273 g/mol. The zero-order chi connectivity index (χ0) is 14.1. The van der Waals surface area contributed by atoms with Crippen LogP contribution >= 0.6 is 0 Å². The average molecular weight is 273 g/mol. The lowest BCUT2D eigenvalue weighted by Crippen LogP contribution is -2.42. The quantitative estimate of drug-likeness (QED) is 0.872. The maximum atomic E-state index is 12.3. The second-order valence-electron chi connectivity index (χ2n) is 4.81. The molecule has 1 N–H and O–H groups in total. The number of aromatic nitrogens is 3. The largest absolute Gasteiger partial charge is 0.331 e. The number of rotatable bonds is 2. The van der Waals surface area contributed by atoms with Crippen molar-refractivity contribution in [3.8, 4) is 0 Å². The molecule has 1 atom stereocenters. The van der Waals surface area contributed by atoms with E-state index in [0.29, 0.717) is 24.6 Å². The fourth-order valence-electron chi connectivity index (χ4n) is 2.54. The molecule has 7 heteroatoms. The van der Waals surface area contributed by atoms with Gasteiger partial charge in [0.05, 0.1) is 0 Å². The van der Waals surface area contributed by atoms with Gasteiger partial charge in [0.2, 0.25) is 17.8 Å². The molecule has 0 spiro atoms. The minimum Gasteiger partial charge on any atom is -0.331 e. The number of carbonyl (C=O) groups excluding carboxylic acids is 2. The number of carbonyl (C=O) groups is 2. The van der Waals surface area contributed by atoms with Crippen molar-refractivity contribution >= 4 is 23.4 Å². The first kappa shape index (κ1) is 12.6. The van der Waals surface area contributed by atoms with Gasteiger partial charge in [0.15, 0.2) is 5.65 Å².